The van der Waals surface area contributed by atoms with Crippen molar-refractivity contribution in [2.75, 3.05) is 13.1 Å². The molecule has 2 aromatic rings. The summed E-state index contributed by atoms with van der Waals surface area (Å²) >= 11 is 0. The van der Waals surface area contributed by atoms with E-state index in [0.717, 1.165) is 25.0 Å². The predicted molar refractivity (Wildman–Crippen MR) is 75.9 cm³/mol. The molecule has 3 rings (SSSR count). The summed E-state index contributed by atoms with van der Waals surface area (Å²) in [4.78, 5) is 16.8. The number of carbonyl (C=O) groups excluding carboxylic acids is 1. The Balaban J connectivity index is 1.97. The van der Waals surface area contributed by atoms with Crippen molar-refractivity contribution in [1.29, 1.82) is 0 Å². The number of fused-ring (bicyclic) bond motifs is 1. The van der Waals surface area contributed by atoms with Gasteiger partial charge in [-0.3, -0.25) is 4.79 Å². The fourth-order valence-corrected chi connectivity index (χ4v) is 2.99. The molecule has 0 radical (unpaired) electrons. The van der Waals surface area contributed by atoms with Crippen LogP contribution in [0, 0.1) is 0 Å². The number of benzene rings is 1. The summed E-state index contributed by atoms with van der Waals surface area (Å²) in [5.41, 5.74) is 8.63. The average Bonchev–Trinajstić information content (AvgIpc) is 2.83. The third-order valence-electron chi connectivity index (χ3n) is 4.13. The molecule has 0 bridgehead atoms. The van der Waals surface area contributed by atoms with Gasteiger partial charge in [0.2, 0.25) is 5.91 Å². The van der Waals surface area contributed by atoms with Crippen LogP contribution in [0.2, 0.25) is 0 Å². The molecule has 2 unspecified atom stereocenters. The maximum atomic E-state index is 11.6. The molecule has 4 heteroatoms. The van der Waals surface area contributed by atoms with E-state index >= 15 is 0 Å². The minimum atomic E-state index is 0.120. The smallest absolute Gasteiger partial charge is 0.219 e. The Morgan fingerprint density at radius 1 is 1.42 bits per heavy atom. The van der Waals surface area contributed by atoms with Gasteiger partial charge in [-0.25, -0.2) is 0 Å². The molecule has 1 amide bonds. The van der Waals surface area contributed by atoms with Crippen LogP contribution in [0.5, 0.6) is 0 Å². The van der Waals surface area contributed by atoms with Crippen LogP contribution in [-0.4, -0.2) is 34.9 Å². The van der Waals surface area contributed by atoms with Gasteiger partial charge in [0.25, 0.3) is 0 Å². The van der Waals surface area contributed by atoms with Crippen molar-refractivity contribution < 1.29 is 4.79 Å². The number of amides is 1. The molecule has 2 atom stereocenters. The number of para-hydroxylation sites is 1. The number of hydrogen-bond acceptors (Lipinski definition) is 2. The zero-order valence-electron chi connectivity index (χ0n) is 11.1. The van der Waals surface area contributed by atoms with E-state index in [-0.39, 0.29) is 17.9 Å². The van der Waals surface area contributed by atoms with E-state index in [4.69, 9.17) is 5.73 Å². The average molecular weight is 257 g/mol. The fourth-order valence-electron chi connectivity index (χ4n) is 2.99. The van der Waals surface area contributed by atoms with Gasteiger partial charge in [-0.2, -0.15) is 0 Å². The molecule has 100 valence electrons. The summed E-state index contributed by atoms with van der Waals surface area (Å²) in [6, 6.07) is 8.35. The lowest BCUT2D eigenvalue weighted by molar-refractivity contribution is -0.130. The van der Waals surface area contributed by atoms with Gasteiger partial charge in [-0.1, -0.05) is 18.2 Å². The lowest BCUT2D eigenvalue weighted by atomic mass is 9.86. The Bertz CT molecular complexity index is 604. The number of aromatic nitrogens is 1. The van der Waals surface area contributed by atoms with E-state index in [1.54, 1.807) is 6.92 Å². The first kappa shape index (κ1) is 12.2. The normalized spacial score (nSPS) is 23.8. The van der Waals surface area contributed by atoms with Gasteiger partial charge in [0.05, 0.1) is 0 Å². The monoisotopic (exact) mass is 257 g/mol. The number of likely N-dealkylation sites (tertiary alicyclic amines) is 1. The van der Waals surface area contributed by atoms with Crippen LogP contribution in [0.15, 0.2) is 30.5 Å². The first-order chi connectivity index (χ1) is 9.16. The van der Waals surface area contributed by atoms with Crippen LogP contribution in [0.1, 0.15) is 24.8 Å². The number of piperidine rings is 1. The van der Waals surface area contributed by atoms with Crippen molar-refractivity contribution in [3.05, 3.63) is 36.0 Å². The molecule has 19 heavy (non-hydrogen) atoms. The van der Waals surface area contributed by atoms with Crippen LogP contribution < -0.4 is 5.73 Å². The van der Waals surface area contributed by atoms with Crippen LogP contribution in [0.25, 0.3) is 10.9 Å². The van der Waals surface area contributed by atoms with Crippen molar-refractivity contribution in [2.45, 2.75) is 25.3 Å². The van der Waals surface area contributed by atoms with E-state index < -0.39 is 0 Å². The molecule has 1 aromatic heterocycles. The van der Waals surface area contributed by atoms with Gasteiger partial charge in [0.15, 0.2) is 0 Å². The Morgan fingerprint density at radius 3 is 3.00 bits per heavy atom. The second-order valence-corrected chi connectivity index (χ2v) is 5.31. The quantitative estimate of drug-likeness (QED) is 0.818. The summed E-state index contributed by atoms with van der Waals surface area (Å²) in [6.07, 6.45) is 2.91. The number of rotatable bonds is 1. The first-order valence-corrected chi connectivity index (χ1v) is 6.74. The highest BCUT2D eigenvalue weighted by Gasteiger charge is 2.30. The predicted octanol–water partition coefficient (Wildman–Crippen LogP) is 1.83. The molecule has 1 saturated heterocycles. The molecule has 0 saturated carbocycles. The van der Waals surface area contributed by atoms with Crippen molar-refractivity contribution in [2.24, 2.45) is 5.73 Å². The molecular weight excluding hydrogens is 238 g/mol. The summed E-state index contributed by atoms with van der Waals surface area (Å²) < 4.78 is 0. The Morgan fingerprint density at radius 2 is 2.21 bits per heavy atom. The van der Waals surface area contributed by atoms with Crippen molar-refractivity contribution in [3.63, 3.8) is 0 Å². The lowest BCUT2D eigenvalue weighted by Crippen LogP contribution is -2.47. The van der Waals surface area contributed by atoms with E-state index in [9.17, 15) is 4.79 Å². The van der Waals surface area contributed by atoms with Gasteiger partial charge < -0.3 is 15.6 Å². The minimum absolute atomic E-state index is 0.120. The Kier molecular flexibility index (Phi) is 3.03. The zero-order chi connectivity index (χ0) is 13.4. The molecule has 4 nitrogen and oxygen atoms in total. The standard InChI is InChI=1S/C15H19N3O/c1-10(19)18-7-6-14(16)13(9-18)12-8-17-15-5-3-2-4-11(12)15/h2-5,8,13-14,17H,6-7,9,16H2,1H3. The van der Waals surface area contributed by atoms with Gasteiger partial charge in [0.1, 0.15) is 0 Å². The number of hydrogen-bond donors (Lipinski definition) is 2. The largest absolute Gasteiger partial charge is 0.361 e. The molecule has 1 aliphatic rings. The number of H-pyrrole nitrogens is 1. The zero-order valence-corrected chi connectivity index (χ0v) is 11.1. The molecule has 1 aromatic carbocycles. The highest BCUT2D eigenvalue weighted by Crippen LogP contribution is 2.31. The number of nitrogens with zero attached hydrogens (tertiary/aromatic N) is 1. The second kappa shape index (κ2) is 4.70. The Hall–Kier alpha value is -1.81. The van der Waals surface area contributed by atoms with Crippen LogP contribution in [0.3, 0.4) is 0 Å². The molecule has 0 spiro atoms. The number of carbonyl (C=O) groups is 1. The van der Waals surface area contributed by atoms with E-state index in [0.29, 0.717) is 0 Å². The highest BCUT2D eigenvalue weighted by molar-refractivity contribution is 5.84. The SMILES string of the molecule is CC(=O)N1CCC(N)C(c2c[nH]c3ccccc23)C1. The molecule has 3 N–H and O–H groups in total. The van der Waals surface area contributed by atoms with E-state index in [2.05, 4.69) is 17.1 Å². The Labute approximate surface area is 112 Å². The molecule has 0 aliphatic carbocycles. The van der Waals surface area contributed by atoms with Gasteiger partial charge >= 0.3 is 0 Å². The lowest BCUT2D eigenvalue weighted by Gasteiger charge is -2.36. The second-order valence-electron chi connectivity index (χ2n) is 5.31. The van der Waals surface area contributed by atoms with Gasteiger partial charge in [-0.05, 0) is 18.1 Å². The summed E-state index contributed by atoms with van der Waals surface area (Å²) in [5.74, 6) is 0.352. The van der Waals surface area contributed by atoms with Crippen LogP contribution in [-0.2, 0) is 4.79 Å². The van der Waals surface area contributed by atoms with Gasteiger partial charge in [0, 0.05) is 49.1 Å². The van der Waals surface area contributed by atoms with Crippen molar-refractivity contribution >= 4 is 16.8 Å². The maximum absolute atomic E-state index is 11.6. The third-order valence-corrected chi connectivity index (χ3v) is 4.13. The first-order valence-electron chi connectivity index (χ1n) is 6.74. The van der Waals surface area contributed by atoms with E-state index in [1.807, 2.05) is 23.2 Å². The highest BCUT2D eigenvalue weighted by atomic mass is 16.2. The minimum Gasteiger partial charge on any atom is -0.361 e. The topological polar surface area (TPSA) is 62.1 Å². The summed E-state index contributed by atoms with van der Waals surface area (Å²) in [6.45, 7) is 3.12. The molecule has 1 aliphatic heterocycles. The third kappa shape index (κ3) is 2.12. The van der Waals surface area contributed by atoms with Crippen LogP contribution >= 0.6 is 0 Å². The summed E-state index contributed by atoms with van der Waals surface area (Å²) in [7, 11) is 0. The fraction of sp³-hybridized carbons (Fsp3) is 0.400. The maximum Gasteiger partial charge on any atom is 0.219 e. The summed E-state index contributed by atoms with van der Waals surface area (Å²) in [5, 5.41) is 1.22. The van der Waals surface area contributed by atoms with Crippen LogP contribution in [0.4, 0.5) is 0 Å². The molecule has 1 fully saturated rings. The van der Waals surface area contributed by atoms with Crippen molar-refractivity contribution in [1.82, 2.24) is 9.88 Å². The van der Waals surface area contributed by atoms with Crippen molar-refractivity contribution in [3.8, 4) is 0 Å². The molecule has 2 heterocycles. The number of aromatic amines is 1. The van der Waals surface area contributed by atoms with Gasteiger partial charge in [-0.15, -0.1) is 0 Å². The molecular formula is C15H19N3O. The number of nitrogens with two attached hydrogens (primary N) is 1. The van der Waals surface area contributed by atoms with E-state index in [1.165, 1.54) is 10.9 Å². The number of nitrogens with one attached hydrogen (secondary N) is 1.